The van der Waals surface area contributed by atoms with Gasteiger partial charge in [-0.1, -0.05) is 89.5 Å². The van der Waals surface area contributed by atoms with Crippen molar-refractivity contribution in [3.05, 3.63) is 85.4 Å². The summed E-state index contributed by atoms with van der Waals surface area (Å²) in [5, 5.41) is 0. The summed E-state index contributed by atoms with van der Waals surface area (Å²) in [4.78, 5) is 0. The van der Waals surface area contributed by atoms with E-state index in [1.54, 1.807) is 0 Å². The Hall–Kier alpha value is -2.02. The van der Waals surface area contributed by atoms with Crippen LogP contribution in [-0.4, -0.2) is 0 Å². The fraction of sp³-hybridized carbons (Fsp3) is 0.364. The van der Waals surface area contributed by atoms with Gasteiger partial charge in [0.25, 0.3) is 0 Å². The van der Waals surface area contributed by atoms with Crippen LogP contribution in [0.25, 0.3) is 0 Å². The first-order valence-corrected chi connectivity index (χ1v) is 8.08. The van der Waals surface area contributed by atoms with Gasteiger partial charge in [0.2, 0.25) is 0 Å². The summed E-state index contributed by atoms with van der Waals surface area (Å²) in [6.45, 7) is 28.2. The first-order valence-electron chi connectivity index (χ1n) is 8.08. The molecule has 0 saturated heterocycles. The van der Waals surface area contributed by atoms with Crippen molar-refractivity contribution in [3.63, 3.8) is 0 Å². The second kappa shape index (κ2) is 10.7. The Bertz CT molecular complexity index is 526. The zero-order valence-corrected chi connectivity index (χ0v) is 15.3. The quantitative estimate of drug-likeness (QED) is 0.298. The van der Waals surface area contributed by atoms with E-state index in [1.165, 1.54) is 6.42 Å². The van der Waals surface area contributed by atoms with Crippen molar-refractivity contribution >= 4 is 0 Å². The van der Waals surface area contributed by atoms with E-state index >= 15 is 0 Å². The molecule has 0 rings (SSSR count). The van der Waals surface area contributed by atoms with Gasteiger partial charge in [0.15, 0.2) is 0 Å². The molecule has 0 spiro atoms. The molecule has 1 heteroatoms. The zero-order valence-electron chi connectivity index (χ0n) is 15.3. The van der Waals surface area contributed by atoms with Gasteiger partial charge >= 0.3 is 0 Å². The normalized spacial score (nSPS) is 12.6. The van der Waals surface area contributed by atoms with Crippen molar-refractivity contribution in [1.82, 2.24) is 0 Å². The second-order valence-electron chi connectivity index (χ2n) is 6.48. The molecule has 23 heavy (non-hydrogen) atoms. The van der Waals surface area contributed by atoms with E-state index in [0.29, 0.717) is 28.9 Å². The van der Waals surface area contributed by atoms with Crippen molar-refractivity contribution in [3.8, 4) is 0 Å². The molecule has 0 bridgehead atoms. The summed E-state index contributed by atoms with van der Waals surface area (Å²) in [6, 6.07) is 0. The Morgan fingerprint density at radius 1 is 0.870 bits per heavy atom. The standard InChI is InChI=1S/C22H32O/c1-16(2)10-12-18(5)19(6)14-15-21(8)23-22(9)20(7)13-11-17(3)4/h11,13-16,18H,3,6-10,12H2,1-2,4-5H3/b13-11-,15-14-. The maximum absolute atomic E-state index is 5.58. The van der Waals surface area contributed by atoms with Crippen LogP contribution < -0.4 is 0 Å². The fourth-order valence-corrected chi connectivity index (χ4v) is 1.73. The number of allylic oxidation sites excluding steroid dienone is 6. The average molecular weight is 312 g/mol. The van der Waals surface area contributed by atoms with Gasteiger partial charge in [-0.3, -0.25) is 0 Å². The maximum atomic E-state index is 5.58. The molecule has 0 amide bonds. The summed E-state index contributed by atoms with van der Waals surface area (Å²) < 4.78 is 5.58. The lowest BCUT2D eigenvalue weighted by Gasteiger charge is -2.13. The van der Waals surface area contributed by atoms with Crippen LogP contribution in [0.1, 0.15) is 40.5 Å². The molecule has 0 aromatic carbocycles. The summed E-state index contributed by atoms with van der Waals surface area (Å²) in [7, 11) is 0. The number of ether oxygens (including phenoxy) is 1. The molecule has 1 nitrogen and oxygen atoms in total. The van der Waals surface area contributed by atoms with Gasteiger partial charge in [-0.05, 0) is 31.3 Å². The molecular formula is C22H32O. The van der Waals surface area contributed by atoms with Gasteiger partial charge in [-0.25, -0.2) is 0 Å². The highest BCUT2D eigenvalue weighted by Gasteiger charge is 2.06. The monoisotopic (exact) mass is 312 g/mol. The molecular weight excluding hydrogens is 280 g/mol. The summed E-state index contributed by atoms with van der Waals surface area (Å²) in [5.41, 5.74) is 2.73. The Morgan fingerprint density at radius 2 is 1.48 bits per heavy atom. The summed E-state index contributed by atoms with van der Waals surface area (Å²) >= 11 is 0. The molecule has 0 N–H and O–H groups in total. The Kier molecular flexibility index (Phi) is 9.73. The van der Waals surface area contributed by atoms with Gasteiger partial charge < -0.3 is 4.74 Å². The fourth-order valence-electron chi connectivity index (χ4n) is 1.73. The van der Waals surface area contributed by atoms with Crippen molar-refractivity contribution in [1.29, 1.82) is 0 Å². The van der Waals surface area contributed by atoms with Crippen LogP contribution in [0.3, 0.4) is 0 Å². The minimum absolute atomic E-state index is 0.457. The van der Waals surface area contributed by atoms with Crippen LogP contribution in [0.2, 0.25) is 0 Å². The molecule has 1 unspecified atom stereocenters. The first-order chi connectivity index (χ1) is 10.6. The van der Waals surface area contributed by atoms with Crippen LogP contribution >= 0.6 is 0 Å². The van der Waals surface area contributed by atoms with Crippen molar-refractivity contribution in [2.45, 2.75) is 40.5 Å². The van der Waals surface area contributed by atoms with E-state index in [-0.39, 0.29) is 0 Å². The zero-order chi connectivity index (χ0) is 18.0. The minimum Gasteiger partial charge on any atom is -0.458 e. The maximum Gasteiger partial charge on any atom is 0.126 e. The number of hydrogen-bond acceptors (Lipinski definition) is 1. The van der Waals surface area contributed by atoms with Gasteiger partial charge in [-0.2, -0.15) is 0 Å². The molecule has 0 aromatic heterocycles. The Labute approximate surface area is 143 Å². The van der Waals surface area contributed by atoms with E-state index in [4.69, 9.17) is 4.74 Å². The van der Waals surface area contributed by atoms with Crippen LogP contribution in [0, 0.1) is 11.8 Å². The van der Waals surface area contributed by atoms with Gasteiger partial charge in [0.1, 0.15) is 11.5 Å². The van der Waals surface area contributed by atoms with Crippen LogP contribution in [0.15, 0.2) is 85.4 Å². The SMILES string of the molecule is C=C(C)/C=C\C(=C)C(=C)OC(=C)/C=C\C(=C)C(C)CCC(C)C. The van der Waals surface area contributed by atoms with Crippen LogP contribution in [0.5, 0.6) is 0 Å². The van der Waals surface area contributed by atoms with Gasteiger partial charge in [0, 0.05) is 5.57 Å². The second-order valence-corrected chi connectivity index (χ2v) is 6.48. The summed E-state index contributed by atoms with van der Waals surface area (Å²) in [5.74, 6) is 2.18. The van der Waals surface area contributed by atoms with Gasteiger partial charge in [-0.15, -0.1) is 0 Å². The molecule has 0 heterocycles. The molecule has 126 valence electrons. The highest BCUT2D eigenvalue weighted by Crippen LogP contribution is 2.20. The molecule has 1 atom stereocenters. The Balaban J connectivity index is 4.42. The topological polar surface area (TPSA) is 9.23 Å². The lowest BCUT2D eigenvalue weighted by atomic mass is 9.93. The van der Waals surface area contributed by atoms with E-state index < -0.39 is 0 Å². The lowest BCUT2D eigenvalue weighted by molar-refractivity contribution is 0.336. The lowest BCUT2D eigenvalue weighted by Crippen LogP contribution is -1.99. The molecule has 0 aliphatic rings. The summed E-state index contributed by atoms with van der Waals surface area (Å²) in [6.07, 6.45) is 9.84. The Morgan fingerprint density at radius 3 is 2.00 bits per heavy atom. The molecule has 0 aromatic rings. The predicted octanol–water partition coefficient (Wildman–Crippen LogP) is 6.90. The van der Waals surface area contributed by atoms with Crippen molar-refractivity contribution in [2.24, 2.45) is 11.8 Å². The van der Waals surface area contributed by atoms with E-state index in [9.17, 15) is 0 Å². The smallest absolute Gasteiger partial charge is 0.126 e. The molecule has 0 aliphatic carbocycles. The van der Waals surface area contributed by atoms with Crippen molar-refractivity contribution < 1.29 is 4.74 Å². The highest BCUT2D eigenvalue weighted by atomic mass is 16.5. The third-order valence-corrected chi connectivity index (χ3v) is 3.47. The third kappa shape index (κ3) is 10.4. The minimum atomic E-state index is 0.457. The number of hydrogen-bond donors (Lipinski definition) is 0. The van der Waals surface area contributed by atoms with Gasteiger partial charge in [0.05, 0.1) is 0 Å². The molecule has 0 fully saturated rings. The highest BCUT2D eigenvalue weighted by molar-refractivity contribution is 5.36. The number of rotatable bonds is 11. The largest absolute Gasteiger partial charge is 0.458 e. The van der Waals surface area contributed by atoms with E-state index in [2.05, 4.69) is 53.7 Å². The first kappa shape index (κ1) is 21.0. The predicted molar refractivity (Wildman–Crippen MR) is 104 cm³/mol. The van der Waals surface area contributed by atoms with E-state index in [1.807, 2.05) is 31.2 Å². The van der Waals surface area contributed by atoms with Crippen LogP contribution in [-0.2, 0) is 4.74 Å². The molecule has 0 radical (unpaired) electrons. The van der Waals surface area contributed by atoms with Crippen LogP contribution in [0.4, 0.5) is 0 Å². The third-order valence-electron chi connectivity index (χ3n) is 3.47. The van der Waals surface area contributed by atoms with E-state index in [0.717, 1.165) is 17.6 Å². The average Bonchev–Trinajstić information content (AvgIpc) is 2.47. The van der Waals surface area contributed by atoms with Crippen molar-refractivity contribution in [2.75, 3.05) is 0 Å². The molecule has 0 saturated carbocycles. The molecule has 0 aliphatic heterocycles.